The summed E-state index contributed by atoms with van der Waals surface area (Å²) >= 11 is 0. The maximum Gasteiger partial charge on any atom is 0.309 e. The van der Waals surface area contributed by atoms with Crippen molar-refractivity contribution in [3.8, 4) is 5.75 Å². The molecule has 0 aliphatic heterocycles. The van der Waals surface area contributed by atoms with Crippen molar-refractivity contribution >= 4 is 18.4 Å². The highest BCUT2D eigenvalue weighted by Crippen LogP contribution is 2.14. The Labute approximate surface area is 120 Å². The van der Waals surface area contributed by atoms with Gasteiger partial charge in [0.1, 0.15) is 5.75 Å². The molecule has 0 aliphatic carbocycles. The SMILES string of the molecule is COC(=O)Cc1cccc(OCCCCCN)c1.Cl. The van der Waals surface area contributed by atoms with E-state index in [9.17, 15) is 4.79 Å². The van der Waals surface area contributed by atoms with E-state index in [-0.39, 0.29) is 24.8 Å². The van der Waals surface area contributed by atoms with E-state index >= 15 is 0 Å². The predicted molar refractivity (Wildman–Crippen MR) is 77.8 cm³/mol. The molecule has 0 radical (unpaired) electrons. The number of nitrogens with two attached hydrogens (primary N) is 1. The number of methoxy groups -OCH3 is 1. The summed E-state index contributed by atoms with van der Waals surface area (Å²) in [7, 11) is 1.39. The molecule has 0 atom stereocenters. The third-order valence-corrected chi connectivity index (χ3v) is 2.59. The van der Waals surface area contributed by atoms with Gasteiger partial charge in [-0.1, -0.05) is 12.1 Å². The molecule has 0 heterocycles. The topological polar surface area (TPSA) is 61.5 Å². The molecule has 0 fully saturated rings. The molecule has 0 saturated carbocycles. The lowest BCUT2D eigenvalue weighted by molar-refractivity contribution is -0.139. The average Bonchev–Trinajstić information content (AvgIpc) is 2.39. The molecule has 1 aromatic carbocycles. The van der Waals surface area contributed by atoms with Crippen LogP contribution in [0.25, 0.3) is 0 Å². The second kappa shape index (κ2) is 10.6. The van der Waals surface area contributed by atoms with E-state index in [0.717, 1.165) is 37.1 Å². The molecule has 0 aliphatic rings. The van der Waals surface area contributed by atoms with Crippen molar-refractivity contribution in [2.45, 2.75) is 25.7 Å². The highest BCUT2D eigenvalue weighted by molar-refractivity contribution is 5.85. The van der Waals surface area contributed by atoms with Crippen molar-refractivity contribution in [3.63, 3.8) is 0 Å². The maximum absolute atomic E-state index is 11.1. The highest BCUT2D eigenvalue weighted by atomic mass is 35.5. The van der Waals surface area contributed by atoms with E-state index in [4.69, 9.17) is 10.5 Å². The first-order chi connectivity index (χ1) is 8.76. The monoisotopic (exact) mass is 287 g/mol. The molecule has 2 N–H and O–H groups in total. The van der Waals surface area contributed by atoms with Crippen LogP contribution >= 0.6 is 12.4 Å². The van der Waals surface area contributed by atoms with Crippen LogP contribution in [0.3, 0.4) is 0 Å². The van der Waals surface area contributed by atoms with Gasteiger partial charge in [-0.2, -0.15) is 0 Å². The zero-order valence-electron chi connectivity index (χ0n) is 11.3. The number of carbonyl (C=O) groups is 1. The maximum atomic E-state index is 11.1. The zero-order valence-corrected chi connectivity index (χ0v) is 12.1. The second-order valence-electron chi connectivity index (χ2n) is 4.10. The van der Waals surface area contributed by atoms with Crippen LogP contribution in [0.2, 0.25) is 0 Å². The van der Waals surface area contributed by atoms with Gasteiger partial charge in [0, 0.05) is 0 Å². The number of halogens is 1. The van der Waals surface area contributed by atoms with Crippen molar-refractivity contribution in [2.75, 3.05) is 20.3 Å². The van der Waals surface area contributed by atoms with Crippen LogP contribution < -0.4 is 10.5 Å². The van der Waals surface area contributed by atoms with Gasteiger partial charge >= 0.3 is 5.97 Å². The number of hydrogen-bond acceptors (Lipinski definition) is 4. The van der Waals surface area contributed by atoms with Crippen molar-refractivity contribution in [2.24, 2.45) is 5.73 Å². The molecule has 0 aromatic heterocycles. The van der Waals surface area contributed by atoms with E-state index < -0.39 is 0 Å². The third kappa shape index (κ3) is 7.70. The minimum absolute atomic E-state index is 0. The molecular weight excluding hydrogens is 266 g/mol. The summed E-state index contributed by atoms with van der Waals surface area (Å²) in [6, 6.07) is 7.54. The fourth-order valence-electron chi connectivity index (χ4n) is 1.60. The first-order valence-corrected chi connectivity index (χ1v) is 6.25. The zero-order chi connectivity index (χ0) is 13.2. The lowest BCUT2D eigenvalue weighted by atomic mass is 10.1. The number of carbonyl (C=O) groups excluding carboxylic acids is 1. The Morgan fingerprint density at radius 1 is 1.26 bits per heavy atom. The molecule has 1 aromatic rings. The second-order valence-corrected chi connectivity index (χ2v) is 4.10. The summed E-state index contributed by atoms with van der Waals surface area (Å²) in [5.74, 6) is 0.555. The Kier molecular flexibility index (Phi) is 9.94. The number of hydrogen-bond donors (Lipinski definition) is 1. The van der Waals surface area contributed by atoms with Gasteiger partial charge in [-0.05, 0) is 43.5 Å². The lowest BCUT2D eigenvalue weighted by Crippen LogP contribution is -2.05. The van der Waals surface area contributed by atoms with Gasteiger partial charge in [0.2, 0.25) is 0 Å². The molecule has 0 unspecified atom stereocenters. The Morgan fingerprint density at radius 3 is 2.74 bits per heavy atom. The van der Waals surface area contributed by atoms with Gasteiger partial charge in [0.25, 0.3) is 0 Å². The minimum atomic E-state index is -0.241. The fourth-order valence-corrected chi connectivity index (χ4v) is 1.60. The van der Waals surface area contributed by atoms with E-state index in [1.54, 1.807) is 0 Å². The summed E-state index contributed by atoms with van der Waals surface area (Å²) in [4.78, 5) is 11.1. The fraction of sp³-hybridized carbons (Fsp3) is 0.500. The number of unbranched alkanes of at least 4 members (excludes halogenated alkanes) is 2. The standard InChI is InChI=1S/C14H21NO3.ClH/c1-17-14(16)11-12-6-5-7-13(10-12)18-9-4-2-3-8-15;/h5-7,10H,2-4,8-9,11,15H2,1H3;1H. The number of ether oxygens (including phenoxy) is 2. The van der Waals surface area contributed by atoms with Crippen LogP contribution in [0.5, 0.6) is 5.75 Å². The van der Waals surface area contributed by atoms with Crippen LogP contribution in [0.15, 0.2) is 24.3 Å². The predicted octanol–water partition coefficient (Wildman–Crippen LogP) is 2.33. The molecule has 19 heavy (non-hydrogen) atoms. The van der Waals surface area contributed by atoms with Crippen LogP contribution in [-0.2, 0) is 16.0 Å². The summed E-state index contributed by atoms with van der Waals surface area (Å²) < 4.78 is 10.2. The van der Waals surface area contributed by atoms with E-state index in [1.165, 1.54) is 7.11 Å². The van der Waals surface area contributed by atoms with E-state index in [2.05, 4.69) is 4.74 Å². The number of benzene rings is 1. The quantitative estimate of drug-likeness (QED) is 0.589. The summed E-state index contributed by atoms with van der Waals surface area (Å²) in [6.45, 7) is 1.41. The smallest absolute Gasteiger partial charge is 0.309 e. The summed E-state index contributed by atoms with van der Waals surface area (Å²) in [6.07, 6.45) is 3.39. The first-order valence-electron chi connectivity index (χ1n) is 6.25. The molecule has 1 rings (SSSR count). The molecule has 4 nitrogen and oxygen atoms in total. The average molecular weight is 288 g/mol. The Balaban J connectivity index is 0.00000324. The number of esters is 1. The third-order valence-electron chi connectivity index (χ3n) is 2.59. The van der Waals surface area contributed by atoms with E-state index in [0.29, 0.717) is 6.61 Å². The van der Waals surface area contributed by atoms with Crippen molar-refractivity contribution < 1.29 is 14.3 Å². The van der Waals surface area contributed by atoms with Crippen molar-refractivity contribution in [1.82, 2.24) is 0 Å². The summed E-state index contributed by atoms with van der Waals surface area (Å²) in [5.41, 5.74) is 6.32. The molecule has 0 bridgehead atoms. The van der Waals surface area contributed by atoms with Gasteiger partial charge in [-0.25, -0.2) is 0 Å². The highest BCUT2D eigenvalue weighted by Gasteiger charge is 2.03. The Morgan fingerprint density at radius 2 is 2.05 bits per heavy atom. The Bertz CT molecular complexity index is 371. The van der Waals surface area contributed by atoms with Crippen LogP contribution in [0.4, 0.5) is 0 Å². The first kappa shape index (κ1) is 17.7. The number of rotatable bonds is 8. The molecular formula is C14H22ClNO3. The van der Waals surface area contributed by atoms with Crippen LogP contribution in [0.1, 0.15) is 24.8 Å². The van der Waals surface area contributed by atoms with Gasteiger partial charge in [-0.15, -0.1) is 12.4 Å². The lowest BCUT2D eigenvalue weighted by Gasteiger charge is -2.07. The van der Waals surface area contributed by atoms with Crippen LogP contribution in [-0.4, -0.2) is 26.2 Å². The van der Waals surface area contributed by atoms with Crippen LogP contribution in [0, 0.1) is 0 Å². The normalized spacial score (nSPS) is 9.58. The largest absolute Gasteiger partial charge is 0.494 e. The van der Waals surface area contributed by atoms with Gasteiger partial charge in [0.15, 0.2) is 0 Å². The Hall–Kier alpha value is -1.26. The molecule has 108 valence electrons. The van der Waals surface area contributed by atoms with Gasteiger partial charge in [-0.3, -0.25) is 4.79 Å². The summed E-state index contributed by atoms with van der Waals surface area (Å²) in [5, 5.41) is 0. The molecule has 0 spiro atoms. The molecule has 5 heteroatoms. The van der Waals surface area contributed by atoms with Gasteiger partial charge in [0.05, 0.1) is 20.1 Å². The van der Waals surface area contributed by atoms with Gasteiger partial charge < -0.3 is 15.2 Å². The van der Waals surface area contributed by atoms with Crippen molar-refractivity contribution in [3.05, 3.63) is 29.8 Å². The molecule has 0 amide bonds. The minimum Gasteiger partial charge on any atom is -0.494 e. The van der Waals surface area contributed by atoms with E-state index in [1.807, 2.05) is 24.3 Å². The molecule has 0 saturated heterocycles. The van der Waals surface area contributed by atoms with Crippen molar-refractivity contribution in [1.29, 1.82) is 0 Å².